The van der Waals surface area contributed by atoms with E-state index in [4.69, 9.17) is 0 Å². The molecule has 0 aromatic heterocycles. The minimum Gasteiger partial charge on any atom is -0.466 e. The summed E-state index contributed by atoms with van der Waals surface area (Å²) < 4.78 is 40.9. The van der Waals surface area contributed by atoms with Gasteiger partial charge in [0.25, 0.3) is 5.91 Å². The van der Waals surface area contributed by atoms with Gasteiger partial charge >= 0.3 is 5.97 Å². The minimum absolute atomic E-state index is 0.0244. The standard InChI is InChI=1S/C14H12FN3O5S2/c1-23-12(19)6-11-13(20)17-14(24-11)18-16-7-8-3-4-9(5-10(8)15)25(2,21)22/h3-7H,1-2H3,(H,17,18,20)/b11-6+,16-7?. The van der Waals surface area contributed by atoms with Gasteiger partial charge in [-0.15, -0.1) is 5.10 Å². The molecule has 0 saturated carbocycles. The van der Waals surface area contributed by atoms with E-state index in [1.165, 1.54) is 19.2 Å². The van der Waals surface area contributed by atoms with Gasteiger partial charge in [-0.25, -0.2) is 17.6 Å². The number of benzene rings is 1. The Hall–Kier alpha value is -2.53. The van der Waals surface area contributed by atoms with Crippen LogP contribution in [-0.4, -0.2) is 45.0 Å². The Balaban J connectivity index is 2.13. The maximum absolute atomic E-state index is 13.8. The van der Waals surface area contributed by atoms with Crippen molar-refractivity contribution in [2.75, 3.05) is 13.4 Å². The van der Waals surface area contributed by atoms with Crippen LogP contribution in [0.1, 0.15) is 5.56 Å². The molecule has 0 unspecified atom stereocenters. The number of halogens is 1. The lowest BCUT2D eigenvalue weighted by atomic mass is 10.2. The van der Waals surface area contributed by atoms with Crippen LogP contribution < -0.4 is 5.32 Å². The van der Waals surface area contributed by atoms with Gasteiger partial charge in [0.15, 0.2) is 15.0 Å². The number of esters is 1. The molecule has 1 aromatic carbocycles. The van der Waals surface area contributed by atoms with Crippen LogP contribution in [0.5, 0.6) is 0 Å². The number of hydrogen-bond acceptors (Lipinski definition) is 8. The fourth-order valence-electron chi connectivity index (χ4n) is 1.63. The van der Waals surface area contributed by atoms with Gasteiger partial charge in [0, 0.05) is 17.9 Å². The summed E-state index contributed by atoms with van der Waals surface area (Å²) in [6.45, 7) is 0. The molecule has 1 N–H and O–H groups in total. The molecule has 1 aromatic rings. The van der Waals surface area contributed by atoms with Crippen LogP contribution in [0.4, 0.5) is 4.39 Å². The largest absolute Gasteiger partial charge is 0.466 e. The van der Waals surface area contributed by atoms with Crippen molar-refractivity contribution < 1.29 is 27.1 Å². The smallest absolute Gasteiger partial charge is 0.331 e. The molecule has 0 radical (unpaired) electrons. The Morgan fingerprint density at radius 1 is 1.40 bits per heavy atom. The summed E-state index contributed by atoms with van der Waals surface area (Å²) in [6.07, 6.45) is 3.06. The Labute approximate surface area is 146 Å². The molecule has 1 fully saturated rings. The van der Waals surface area contributed by atoms with E-state index in [1.54, 1.807) is 0 Å². The lowest BCUT2D eigenvalue weighted by molar-refractivity contribution is -0.135. The molecule has 1 amide bonds. The number of sulfone groups is 1. The van der Waals surface area contributed by atoms with Gasteiger partial charge in [0.2, 0.25) is 0 Å². The molecule has 1 aliphatic heterocycles. The monoisotopic (exact) mass is 385 g/mol. The third-order valence-electron chi connectivity index (χ3n) is 2.85. The van der Waals surface area contributed by atoms with Gasteiger partial charge in [-0.2, -0.15) is 5.10 Å². The second kappa shape index (κ2) is 7.57. The van der Waals surface area contributed by atoms with Crippen LogP contribution in [0, 0.1) is 5.82 Å². The Kier molecular flexibility index (Phi) is 5.69. The first-order valence-corrected chi connectivity index (χ1v) is 9.31. The average molecular weight is 385 g/mol. The van der Waals surface area contributed by atoms with Crippen molar-refractivity contribution >= 4 is 44.9 Å². The number of amidine groups is 1. The number of rotatable bonds is 4. The van der Waals surface area contributed by atoms with E-state index in [2.05, 4.69) is 20.3 Å². The van der Waals surface area contributed by atoms with Crippen LogP contribution in [0.3, 0.4) is 0 Å². The molecular weight excluding hydrogens is 373 g/mol. The highest BCUT2D eigenvalue weighted by atomic mass is 32.2. The lowest BCUT2D eigenvalue weighted by Gasteiger charge is -2.00. The summed E-state index contributed by atoms with van der Waals surface area (Å²) in [7, 11) is -2.33. The van der Waals surface area contributed by atoms with Gasteiger partial charge in [-0.3, -0.25) is 10.1 Å². The van der Waals surface area contributed by atoms with Gasteiger partial charge < -0.3 is 4.74 Å². The van der Waals surface area contributed by atoms with E-state index >= 15 is 0 Å². The third kappa shape index (κ3) is 4.97. The van der Waals surface area contributed by atoms with Crippen LogP contribution >= 0.6 is 11.8 Å². The summed E-state index contributed by atoms with van der Waals surface area (Å²) >= 11 is 0.870. The van der Waals surface area contributed by atoms with Gasteiger partial charge in [0.1, 0.15) is 5.82 Å². The van der Waals surface area contributed by atoms with Crippen LogP contribution in [0.15, 0.2) is 44.3 Å². The fourth-order valence-corrected chi connectivity index (χ4v) is 3.00. The summed E-state index contributed by atoms with van der Waals surface area (Å²) in [4.78, 5) is 22.6. The zero-order valence-corrected chi connectivity index (χ0v) is 14.6. The molecule has 0 bridgehead atoms. The number of hydrogen-bond donors (Lipinski definition) is 1. The van der Waals surface area contributed by atoms with Crippen molar-refractivity contribution in [1.82, 2.24) is 5.32 Å². The molecule has 2 rings (SSSR count). The fraction of sp³-hybridized carbons (Fsp3) is 0.143. The summed E-state index contributed by atoms with van der Waals surface area (Å²) in [5.74, 6) is -2.00. The van der Waals surface area contributed by atoms with Crippen molar-refractivity contribution in [3.63, 3.8) is 0 Å². The van der Waals surface area contributed by atoms with E-state index in [0.29, 0.717) is 0 Å². The molecule has 1 saturated heterocycles. The van der Waals surface area contributed by atoms with Crippen LogP contribution in [0.2, 0.25) is 0 Å². The first kappa shape index (κ1) is 18.8. The van der Waals surface area contributed by atoms with Crippen LogP contribution in [0.25, 0.3) is 0 Å². The number of carbonyl (C=O) groups excluding carboxylic acids is 2. The summed E-state index contributed by atoms with van der Waals surface area (Å²) in [6, 6.07) is 3.38. The number of nitrogens with zero attached hydrogens (tertiary/aromatic N) is 2. The lowest BCUT2D eigenvalue weighted by Crippen LogP contribution is -2.19. The first-order valence-electron chi connectivity index (χ1n) is 6.60. The molecule has 132 valence electrons. The van der Waals surface area contributed by atoms with Crippen molar-refractivity contribution in [2.24, 2.45) is 10.2 Å². The van der Waals surface area contributed by atoms with E-state index in [0.717, 1.165) is 36.4 Å². The SMILES string of the molecule is COC(=O)/C=C1/S/C(=N\N=Cc2ccc(S(C)(=O)=O)cc2F)NC1=O. The second-order valence-corrected chi connectivity index (χ2v) is 7.74. The molecule has 1 aliphatic rings. The zero-order valence-electron chi connectivity index (χ0n) is 13.0. The van der Waals surface area contributed by atoms with E-state index in [9.17, 15) is 22.4 Å². The quantitative estimate of drug-likeness (QED) is 0.356. The van der Waals surface area contributed by atoms with Crippen molar-refractivity contribution in [3.05, 3.63) is 40.6 Å². The van der Waals surface area contributed by atoms with Crippen LogP contribution in [-0.2, 0) is 24.2 Å². The number of ether oxygens (including phenoxy) is 1. The highest BCUT2D eigenvalue weighted by Gasteiger charge is 2.25. The highest BCUT2D eigenvalue weighted by Crippen LogP contribution is 2.23. The van der Waals surface area contributed by atoms with Crippen molar-refractivity contribution in [2.45, 2.75) is 4.90 Å². The maximum Gasteiger partial charge on any atom is 0.331 e. The van der Waals surface area contributed by atoms with E-state index in [1.807, 2.05) is 0 Å². The van der Waals surface area contributed by atoms with Crippen molar-refractivity contribution in [1.29, 1.82) is 0 Å². The molecule has 11 heteroatoms. The van der Waals surface area contributed by atoms with E-state index in [-0.39, 0.29) is 20.5 Å². The molecule has 0 aliphatic carbocycles. The summed E-state index contributed by atoms with van der Waals surface area (Å²) in [5.41, 5.74) is 0.0244. The third-order valence-corrected chi connectivity index (χ3v) is 4.86. The highest BCUT2D eigenvalue weighted by molar-refractivity contribution is 8.18. The molecule has 8 nitrogen and oxygen atoms in total. The predicted molar refractivity (Wildman–Crippen MR) is 90.4 cm³/mol. The predicted octanol–water partition coefficient (Wildman–Crippen LogP) is 0.839. The Bertz CT molecular complexity index is 922. The molecule has 0 spiro atoms. The molecule has 25 heavy (non-hydrogen) atoms. The van der Waals surface area contributed by atoms with Gasteiger partial charge in [-0.1, -0.05) is 0 Å². The zero-order chi connectivity index (χ0) is 18.6. The molecular formula is C14H12FN3O5S2. The normalized spacial score (nSPS) is 18.1. The topological polar surface area (TPSA) is 114 Å². The van der Waals surface area contributed by atoms with Gasteiger partial charge in [0.05, 0.1) is 23.1 Å². The average Bonchev–Trinajstić information content (AvgIpc) is 2.87. The van der Waals surface area contributed by atoms with Gasteiger partial charge in [-0.05, 0) is 30.0 Å². The number of carbonyl (C=O) groups is 2. The second-order valence-electron chi connectivity index (χ2n) is 4.69. The number of amides is 1. The number of nitrogens with one attached hydrogen (secondary N) is 1. The molecule has 0 atom stereocenters. The Morgan fingerprint density at radius 3 is 2.72 bits per heavy atom. The van der Waals surface area contributed by atoms with E-state index < -0.39 is 27.5 Å². The minimum atomic E-state index is -3.51. The first-order chi connectivity index (χ1) is 11.7. The summed E-state index contributed by atoms with van der Waals surface area (Å²) in [5, 5.41) is 9.82. The number of methoxy groups -OCH3 is 1. The van der Waals surface area contributed by atoms with Crippen molar-refractivity contribution in [3.8, 4) is 0 Å². The molecule has 1 heterocycles. The Morgan fingerprint density at radius 2 is 2.12 bits per heavy atom. The number of thioether (sulfide) groups is 1. The maximum atomic E-state index is 13.8.